The normalized spacial score (nSPS) is 14.7. The van der Waals surface area contributed by atoms with Gasteiger partial charge in [0, 0.05) is 19.0 Å². The fourth-order valence-corrected chi connectivity index (χ4v) is 1.63. The largest absolute Gasteiger partial charge is 0.353 e. The topological polar surface area (TPSA) is 64.0 Å². The highest BCUT2D eigenvalue weighted by Crippen LogP contribution is 2.18. The standard InChI is InChI=1S/C10H11Cl2N3O2/c11-8-9(12)13-5-15(10(8)17)4-3-7(16)14-6-1-2-6/h5-6H,1-4H2,(H,14,16). The Kier molecular flexibility index (Phi) is 3.69. The number of carbonyl (C=O) groups is 1. The Morgan fingerprint density at radius 2 is 2.24 bits per heavy atom. The van der Waals surface area contributed by atoms with Crippen LogP contribution >= 0.6 is 23.2 Å². The van der Waals surface area contributed by atoms with E-state index in [2.05, 4.69) is 10.3 Å². The molecule has 1 fully saturated rings. The van der Waals surface area contributed by atoms with E-state index < -0.39 is 5.56 Å². The molecule has 0 aliphatic heterocycles. The third kappa shape index (κ3) is 3.20. The van der Waals surface area contributed by atoms with Gasteiger partial charge in [0.25, 0.3) is 5.56 Å². The number of amides is 1. The molecule has 7 heteroatoms. The molecule has 5 nitrogen and oxygen atoms in total. The summed E-state index contributed by atoms with van der Waals surface area (Å²) in [6, 6.07) is 0.325. The van der Waals surface area contributed by atoms with Gasteiger partial charge in [-0.05, 0) is 12.8 Å². The van der Waals surface area contributed by atoms with Crippen LogP contribution in [0.5, 0.6) is 0 Å². The number of carbonyl (C=O) groups excluding carboxylic acids is 1. The maximum Gasteiger partial charge on any atom is 0.273 e. The molecule has 17 heavy (non-hydrogen) atoms. The predicted molar refractivity (Wildman–Crippen MR) is 64.3 cm³/mol. The number of nitrogens with zero attached hydrogens (tertiary/aromatic N) is 2. The average Bonchev–Trinajstić information content (AvgIpc) is 3.09. The van der Waals surface area contributed by atoms with Gasteiger partial charge in [0.2, 0.25) is 5.91 Å². The van der Waals surface area contributed by atoms with Gasteiger partial charge in [0.15, 0.2) is 5.15 Å². The van der Waals surface area contributed by atoms with E-state index >= 15 is 0 Å². The van der Waals surface area contributed by atoms with Crippen molar-refractivity contribution in [1.29, 1.82) is 0 Å². The monoisotopic (exact) mass is 275 g/mol. The zero-order chi connectivity index (χ0) is 12.4. The molecule has 0 unspecified atom stereocenters. The van der Waals surface area contributed by atoms with Crippen LogP contribution in [0, 0.1) is 0 Å². The first-order valence-corrected chi connectivity index (χ1v) is 6.03. The first kappa shape index (κ1) is 12.4. The molecular weight excluding hydrogens is 265 g/mol. The summed E-state index contributed by atoms with van der Waals surface area (Å²) >= 11 is 11.3. The van der Waals surface area contributed by atoms with Gasteiger partial charge in [-0.1, -0.05) is 23.2 Å². The van der Waals surface area contributed by atoms with E-state index in [0.717, 1.165) is 12.8 Å². The minimum atomic E-state index is -0.425. The van der Waals surface area contributed by atoms with E-state index in [1.165, 1.54) is 10.9 Å². The van der Waals surface area contributed by atoms with Crippen LogP contribution in [0.15, 0.2) is 11.1 Å². The van der Waals surface area contributed by atoms with Crippen molar-refractivity contribution in [2.75, 3.05) is 0 Å². The van der Waals surface area contributed by atoms with Gasteiger partial charge in [-0.25, -0.2) is 4.98 Å². The number of rotatable bonds is 4. The Morgan fingerprint density at radius 3 is 2.88 bits per heavy atom. The minimum absolute atomic E-state index is 0.0182. The molecule has 1 amide bonds. The fourth-order valence-electron chi connectivity index (χ4n) is 1.35. The van der Waals surface area contributed by atoms with Gasteiger partial charge in [-0.2, -0.15) is 0 Å². The molecule has 0 spiro atoms. The summed E-state index contributed by atoms with van der Waals surface area (Å²) in [4.78, 5) is 26.8. The highest BCUT2D eigenvalue weighted by molar-refractivity contribution is 6.40. The van der Waals surface area contributed by atoms with Crippen molar-refractivity contribution in [2.24, 2.45) is 0 Å². The van der Waals surface area contributed by atoms with Crippen LogP contribution in [0.1, 0.15) is 19.3 Å². The Morgan fingerprint density at radius 1 is 1.53 bits per heavy atom. The maximum absolute atomic E-state index is 11.6. The molecule has 0 radical (unpaired) electrons. The van der Waals surface area contributed by atoms with Gasteiger partial charge in [-0.3, -0.25) is 14.2 Å². The summed E-state index contributed by atoms with van der Waals surface area (Å²) in [7, 11) is 0. The van der Waals surface area contributed by atoms with Crippen molar-refractivity contribution in [2.45, 2.75) is 31.8 Å². The number of hydrogen-bond acceptors (Lipinski definition) is 3. The lowest BCUT2D eigenvalue weighted by Crippen LogP contribution is -2.29. The van der Waals surface area contributed by atoms with Gasteiger partial charge >= 0.3 is 0 Å². The van der Waals surface area contributed by atoms with E-state index in [9.17, 15) is 9.59 Å². The molecule has 1 N–H and O–H groups in total. The zero-order valence-corrected chi connectivity index (χ0v) is 10.5. The molecule has 1 saturated carbocycles. The molecule has 0 aromatic carbocycles. The summed E-state index contributed by atoms with van der Waals surface area (Å²) in [5.41, 5.74) is -0.425. The number of hydrogen-bond donors (Lipinski definition) is 1. The summed E-state index contributed by atoms with van der Waals surface area (Å²) in [5, 5.41) is 2.70. The molecule has 92 valence electrons. The van der Waals surface area contributed by atoms with Crippen molar-refractivity contribution in [1.82, 2.24) is 14.9 Å². The van der Waals surface area contributed by atoms with Crippen molar-refractivity contribution in [3.05, 3.63) is 26.9 Å². The van der Waals surface area contributed by atoms with Crippen LogP contribution in [0.25, 0.3) is 0 Å². The van der Waals surface area contributed by atoms with Crippen molar-refractivity contribution in [3.8, 4) is 0 Å². The SMILES string of the molecule is O=C(CCn1cnc(Cl)c(Cl)c1=O)NC1CC1. The third-order valence-corrected chi connectivity index (χ3v) is 3.19. The van der Waals surface area contributed by atoms with Crippen LogP contribution in [0.2, 0.25) is 10.2 Å². The van der Waals surface area contributed by atoms with Gasteiger partial charge < -0.3 is 5.32 Å². The third-order valence-electron chi connectivity index (χ3n) is 2.46. The molecule has 1 aliphatic rings. The average molecular weight is 276 g/mol. The Labute approximate surface area is 108 Å². The van der Waals surface area contributed by atoms with Crippen molar-refractivity contribution >= 4 is 29.1 Å². The van der Waals surface area contributed by atoms with Crippen LogP contribution < -0.4 is 10.9 Å². The molecule has 0 atom stereocenters. The first-order valence-electron chi connectivity index (χ1n) is 5.27. The summed E-state index contributed by atoms with van der Waals surface area (Å²) in [5.74, 6) is -0.0644. The van der Waals surface area contributed by atoms with Crippen molar-refractivity contribution < 1.29 is 4.79 Å². The second kappa shape index (κ2) is 5.06. The lowest BCUT2D eigenvalue weighted by atomic mass is 10.4. The Hall–Kier alpha value is -1.07. The molecule has 1 heterocycles. The van der Waals surface area contributed by atoms with Gasteiger partial charge in [0.1, 0.15) is 5.02 Å². The molecule has 2 rings (SSSR count). The molecular formula is C10H11Cl2N3O2. The highest BCUT2D eigenvalue weighted by Gasteiger charge is 2.22. The molecule has 1 aliphatic carbocycles. The molecule has 0 saturated heterocycles. The zero-order valence-electron chi connectivity index (χ0n) is 8.95. The number of aryl methyl sites for hydroxylation is 1. The van der Waals surface area contributed by atoms with Crippen LogP contribution in [-0.4, -0.2) is 21.5 Å². The Balaban J connectivity index is 1.96. The summed E-state index contributed by atoms with van der Waals surface area (Å²) in [6.45, 7) is 0.251. The smallest absolute Gasteiger partial charge is 0.273 e. The van der Waals surface area contributed by atoms with Crippen LogP contribution in [-0.2, 0) is 11.3 Å². The Bertz CT molecular complexity index is 497. The quantitative estimate of drug-likeness (QED) is 0.841. The van der Waals surface area contributed by atoms with E-state index in [1.807, 2.05) is 0 Å². The lowest BCUT2D eigenvalue weighted by molar-refractivity contribution is -0.121. The van der Waals surface area contributed by atoms with Crippen molar-refractivity contribution in [3.63, 3.8) is 0 Å². The lowest BCUT2D eigenvalue weighted by Gasteiger charge is -2.06. The van der Waals surface area contributed by atoms with Crippen LogP contribution in [0.4, 0.5) is 0 Å². The fraction of sp³-hybridized carbons (Fsp3) is 0.500. The molecule has 1 aromatic heterocycles. The number of halogens is 2. The minimum Gasteiger partial charge on any atom is -0.353 e. The van der Waals surface area contributed by atoms with E-state index in [-0.39, 0.29) is 29.0 Å². The summed E-state index contributed by atoms with van der Waals surface area (Å²) in [6.07, 6.45) is 3.61. The predicted octanol–water partition coefficient (Wildman–Crippen LogP) is 1.22. The molecule has 0 bridgehead atoms. The van der Waals surface area contributed by atoms with Gasteiger partial charge in [0.05, 0.1) is 6.33 Å². The summed E-state index contributed by atoms with van der Waals surface area (Å²) < 4.78 is 1.28. The molecule has 1 aromatic rings. The van der Waals surface area contributed by atoms with E-state index in [4.69, 9.17) is 23.2 Å². The van der Waals surface area contributed by atoms with E-state index in [1.54, 1.807) is 0 Å². The van der Waals surface area contributed by atoms with Gasteiger partial charge in [-0.15, -0.1) is 0 Å². The second-order valence-electron chi connectivity index (χ2n) is 3.94. The second-order valence-corrected chi connectivity index (χ2v) is 4.68. The van der Waals surface area contributed by atoms with E-state index in [0.29, 0.717) is 6.04 Å². The highest BCUT2D eigenvalue weighted by atomic mass is 35.5. The first-order chi connectivity index (χ1) is 8.08. The maximum atomic E-state index is 11.6. The number of nitrogens with one attached hydrogen (secondary N) is 1. The number of aromatic nitrogens is 2. The van der Waals surface area contributed by atoms with Crippen LogP contribution in [0.3, 0.4) is 0 Å².